The number of rotatable bonds is 4. The molecule has 1 amide bonds. The highest BCUT2D eigenvalue weighted by atomic mass is 19.2. The topological polar surface area (TPSA) is 46.2 Å². The first-order valence-corrected chi connectivity index (χ1v) is 14.9. The minimum atomic E-state index is -1.50. The van der Waals surface area contributed by atoms with Crippen LogP contribution in [0.3, 0.4) is 0 Å². The summed E-state index contributed by atoms with van der Waals surface area (Å²) in [6.07, 6.45) is 6.98. The molecule has 212 valence electrons. The first-order valence-electron chi connectivity index (χ1n) is 14.9. The van der Waals surface area contributed by atoms with Gasteiger partial charge in [0.15, 0.2) is 23.2 Å². The molecule has 6 atom stereocenters. The molecule has 0 radical (unpaired) electrons. The highest BCUT2D eigenvalue weighted by molar-refractivity contribution is 6.24. The van der Waals surface area contributed by atoms with Crippen molar-refractivity contribution in [2.45, 2.75) is 72.1 Å². The van der Waals surface area contributed by atoms with Crippen LogP contribution in [0.2, 0.25) is 0 Å². The molecule has 0 aromatic heterocycles. The zero-order valence-corrected chi connectivity index (χ0v) is 23.6. The number of carbonyl (C=O) groups is 2. The predicted molar refractivity (Wildman–Crippen MR) is 149 cm³/mol. The zero-order chi connectivity index (χ0) is 28.4. The number of fused-ring (bicyclic) bond motifs is 5. The molecular weight excluding hydrogens is 511 g/mol. The number of allylic oxidation sites excluding steroid dienone is 1. The van der Waals surface area contributed by atoms with Crippen LogP contribution in [-0.2, 0) is 9.59 Å². The van der Waals surface area contributed by atoms with Crippen LogP contribution in [-0.4, -0.2) is 18.2 Å². The normalized spacial score (nSPS) is 33.3. The smallest absolute Gasteiger partial charge is 0.223 e. The molecule has 0 heterocycles. The van der Waals surface area contributed by atoms with E-state index in [1.54, 1.807) is 12.1 Å². The Hall–Kier alpha value is -2.89. The highest BCUT2D eigenvalue weighted by Crippen LogP contribution is 2.67. The maximum Gasteiger partial charge on any atom is 0.223 e. The van der Waals surface area contributed by atoms with Gasteiger partial charge in [0.2, 0.25) is 5.91 Å². The molecule has 3 nitrogen and oxygen atoms in total. The van der Waals surface area contributed by atoms with E-state index in [0.717, 1.165) is 56.6 Å². The van der Waals surface area contributed by atoms with Crippen LogP contribution in [0.5, 0.6) is 0 Å². The largest absolute Gasteiger partial charge is 0.356 e. The van der Waals surface area contributed by atoms with Gasteiger partial charge < -0.3 is 5.32 Å². The Labute approximate surface area is 234 Å². The molecular formula is C34H38F3NO2. The van der Waals surface area contributed by atoms with Gasteiger partial charge in [0.05, 0.1) is 0 Å². The van der Waals surface area contributed by atoms with E-state index in [1.807, 2.05) is 19.1 Å². The summed E-state index contributed by atoms with van der Waals surface area (Å²) in [6, 6.07) is 9.27. The molecule has 4 aliphatic rings. The summed E-state index contributed by atoms with van der Waals surface area (Å²) in [5.41, 5.74) is 2.60. The van der Waals surface area contributed by atoms with Gasteiger partial charge in [-0.1, -0.05) is 43.7 Å². The molecule has 40 heavy (non-hydrogen) atoms. The van der Waals surface area contributed by atoms with E-state index in [-0.39, 0.29) is 34.0 Å². The van der Waals surface area contributed by atoms with Crippen molar-refractivity contribution in [3.8, 4) is 11.1 Å². The molecule has 0 unspecified atom stereocenters. The molecule has 0 saturated heterocycles. The van der Waals surface area contributed by atoms with Crippen LogP contribution in [0.4, 0.5) is 13.2 Å². The van der Waals surface area contributed by atoms with Gasteiger partial charge in [-0.15, -0.1) is 0 Å². The average molecular weight is 550 g/mol. The van der Waals surface area contributed by atoms with Gasteiger partial charge in [-0.25, -0.2) is 13.2 Å². The summed E-state index contributed by atoms with van der Waals surface area (Å²) >= 11 is 0. The van der Waals surface area contributed by atoms with Crippen molar-refractivity contribution in [1.82, 2.24) is 5.32 Å². The van der Waals surface area contributed by atoms with E-state index < -0.39 is 17.5 Å². The van der Waals surface area contributed by atoms with Crippen molar-refractivity contribution >= 4 is 17.3 Å². The van der Waals surface area contributed by atoms with Gasteiger partial charge in [0.1, 0.15) is 0 Å². The molecule has 0 bridgehead atoms. The van der Waals surface area contributed by atoms with Crippen LogP contribution in [0.25, 0.3) is 16.7 Å². The number of benzene rings is 2. The number of halogens is 3. The maximum absolute atomic E-state index is 15.0. The SMILES string of the molecule is CCNC(=O)[C@H]1CC[C@H]2[C@@H]3CCC4=C(c5ccccc5-c5ccc(F)c(F)c5F)C(=O)CC[C@]4(C)[C@H]3CC[C@]12C. The fourth-order valence-electron chi connectivity index (χ4n) is 9.43. The van der Waals surface area contributed by atoms with E-state index in [4.69, 9.17) is 0 Å². The average Bonchev–Trinajstić information content (AvgIpc) is 3.30. The summed E-state index contributed by atoms with van der Waals surface area (Å²) in [7, 11) is 0. The van der Waals surface area contributed by atoms with Gasteiger partial charge in [-0.2, -0.15) is 0 Å². The fourth-order valence-corrected chi connectivity index (χ4v) is 9.43. The number of hydrogen-bond donors (Lipinski definition) is 1. The Morgan fingerprint density at radius 1 is 0.875 bits per heavy atom. The van der Waals surface area contributed by atoms with Crippen LogP contribution < -0.4 is 5.32 Å². The minimum absolute atomic E-state index is 0.00208. The third kappa shape index (κ3) is 3.92. The number of carbonyl (C=O) groups excluding carboxylic acids is 2. The van der Waals surface area contributed by atoms with E-state index in [1.165, 1.54) is 6.07 Å². The van der Waals surface area contributed by atoms with Crippen molar-refractivity contribution in [1.29, 1.82) is 0 Å². The van der Waals surface area contributed by atoms with Crippen molar-refractivity contribution in [3.63, 3.8) is 0 Å². The van der Waals surface area contributed by atoms with Gasteiger partial charge in [-0.3, -0.25) is 9.59 Å². The second-order valence-corrected chi connectivity index (χ2v) is 12.9. The standard InChI is InChI=1S/C34H38F3NO2/c1-4-38-32(40)26-13-12-23-22-9-11-25-29(28(39)16-18-33(25,2)24(22)15-17-34(23,26)3)20-8-6-5-7-19(20)21-10-14-27(35)31(37)30(21)36/h5-8,10,14,22-24,26H,4,9,11-13,15-18H2,1-3H3,(H,38,40)/t22-,23-,24-,26+,33+,34-/m0/s1. The number of hydrogen-bond acceptors (Lipinski definition) is 2. The van der Waals surface area contributed by atoms with Crippen LogP contribution in [0.15, 0.2) is 42.0 Å². The third-order valence-corrected chi connectivity index (χ3v) is 11.3. The van der Waals surface area contributed by atoms with E-state index in [2.05, 4.69) is 19.2 Å². The highest BCUT2D eigenvalue weighted by Gasteiger charge is 2.60. The monoisotopic (exact) mass is 549 g/mol. The quantitative estimate of drug-likeness (QED) is 0.394. The molecule has 0 aliphatic heterocycles. The van der Waals surface area contributed by atoms with E-state index >= 15 is 0 Å². The third-order valence-electron chi connectivity index (χ3n) is 11.3. The van der Waals surface area contributed by atoms with Crippen molar-refractivity contribution in [3.05, 3.63) is 65.0 Å². The summed E-state index contributed by atoms with van der Waals surface area (Å²) in [4.78, 5) is 26.6. The van der Waals surface area contributed by atoms with Gasteiger partial charge in [0.25, 0.3) is 0 Å². The number of ketones is 1. The lowest BCUT2D eigenvalue weighted by Gasteiger charge is -2.58. The summed E-state index contributed by atoms with van der Waals surface area (Å²) in [5.74, 6) is -2.27. The van der Waals surface area contributed by atoms with Crippen molar-refractivity contribution in [2.75, 3.05) is 6.54 Å². The van der Waals surface area contributed by atoms with Gasteiger partial charge in [-0.05, 0) is 104 Å². The van der Waals surface area contributed by atoms with Gasteiger partial charge >= 0.3 is 0 Å². The second kappa shape index (κ2) is 9.88. The molecule has 2 aromatic rings. The fraction of sp³-hybridized carbons (Fsp3) is 0.529. The maximum atomic E-state index is 15.0. The molecule has 0 spiro atoms. The lowest BCUT2D eigenvalue weighted by atomic mass is 9.46. The van der Waals surface area contributed by atoms with Crippen molar-refractivity contribution in [2.24, 2.45) is 34.5 Å². The Morgan fingerprint density at radius 3 is 2.38 bits per heavy atom. The Kier molecular flexibility index (Phi) is 6.74. The lowest BCUT2D eigenvalue weighted by Crippen LogP contribution is -2.52. The summed E-state index contributed by atoms with van der Waals surface area (Å²) in [6.45, 7) is 7.27. The molecule has 6 heteroatoms. The predicted octanol–water partition coefficient (Wildman–Crippen LogP) is 7.88. The molecule has 6 rings (SSSR count). The van der Waals surface area contributed by atoms with Gasteiger partial charge in [0, 0.05) is 30.0 Å². The number of nitrogens with one attached hydrogen (secondary N) is 1. The Morgan fingerprint density at radius 2 is 1.62 bits per heavy atom. The van der Waals surface area contributed by atoms with Crippen LogP contribution in [0.1, 0.15) is 77.7 Å². The minimum Gasteiger partial charge on any atom is -0.356 e. The van der Waals surface area contributed by atoms with Crippen LogP contribution in [0, 0.1) is 52.0 Å². The Balaban J connectivity index is 1.41. The van der Waals surface area contributed by atoms with Crippen LogP contribution >= 0.6 is 0 Å². The summed E-state index contributed by atoms with van der Waals surface area (Å²) in [5, 5.41) is 3.07. The summed E-state index contributed by atoms with van der Waals surface area (Å²) < 4.78 is 43.0. The zero-order valence-electron chi connectivity index (χ0n) is 23.6. The lowest BCUT2D eigenvalue weighted by molar-refractivity contribution is -0.132. The van der Waals surface area contributed by atoms with E-state index in [9.17, 15) is 22.8 Å². The number of Topliss-reactive ketones (excluding diaryl/α,β-unsaturated/α-hetero) is 1. The first-order chi connectivity index (χ1) is 19.1. The number of amides is 1. The molecule has 2 aromatic carbocycles. The van der Waals surface area contributed by atoms with Crippen molar-refractivity contribution < 1.29 is 22.8 Å². The molecule has 1 N–H and O–H groups in total. The second-order valence-electron chi connectivity index (χ2n) is 12.9. The molecule has 4 aliphatic carbocycles. The molecule has 3 fully saturated rings. The van der Waals surface area contributed by atoms with E-state index in [0.29, 0.717) is 47.4 Å². The first kappa shape index (κ1) is 27.3. The Bertz CT molecular complexity index is 1420. The molecule has 3 saturated carbocycles.